The number of esters is 1. The minimum absolute atomic E-state index is 0.158. The first-order chi connectivity index (χ1) is 11.6. The summed E-state index contributed by atoms with van der Waals surface area (Å²) in [6.07, 6.45) is 2.09. The Kier molecular flexibility index (Phi) is 4.70. The molecule has 1 aromatic carbocycles. The van der Waals surface area contributed by atoms with Crippen LogP contribution in [-0.2, 0) is 11.2 Å². The van der Waals surface area contributed by atoms with Gasteiger partial charge < -0.3 is 15.4 Å². The molecule has 24 heavy (non-hydrogen) atoms. The third-order valence-corrected chi connectivity index (χ3v) is 4.47. The summed E-state index contributed by atoms with van der Waals surface area (Å²) in [7, 11) is 2.05. The number of ether oxygens (including phenoxy) is 1. The standard InChI is InChI=1S/C15H18N6O2S/c1-3-23-14(22)13-18-20-15(24-13)19-17-11-7-9-5-4-6-21(2)12(9)8-10(11)16/h7-8H,3-6,16H2,1-2H3. The van der Waals surface area contributed by atoms with Gasteiger partial charge in [-0.3, -0.25) is 0 Å². The average Bonchev–Trinajstić information content (AvgIpc) is 3.03. The van der Waals surface area contributed by atoms with Gasteiger partial charge in [0.1, 0.15) is 5.69 Å². The van der Waals surface area contributed by atoms with Crippen LogP contribution in [0.15, 0.2) is 22.4 Å². The van der Waals surface area contributed by atoms with E-state index in [2.05, 4.69) is 32.4 Å². The predicted molar refractivity (Wildman–Crippen MR) is 92.5 cm³/mol. The molecule has 8 nitrogen and oxygen atoms in total. The van der Waals surface area contributed by atoms with Crippen LogP contribution in [0.25, 0.3) is 0 Å². The molecule has 0 radical (unpaired) electrons. The molecule has 2 N–H and O–H groups in total. The van der Waals surface area contributed by atoms with Gasteiger partial charge in [0.15, 0.2) is 0 Å². The van der Waals surface area contributed by atoms with E-state index in [0.29, 0.717) is 11.4 Å². The van der Waals surface area contributed by atoms with Crippen molar-refractivity contribution in [3.63, 3.8) is 0 Å². The molecular formula is C15H18N6O2S. The van der Waals surface area contributed by atoms with Crippen LogP contribution in [0.2, 0.25) is 0 Å². The average molecular weight is 346 g/mol. The van der Waals surface area contributed by atoms with Crippen molar-refractivity contribution >= 4 is 39.5 Å². The van der Waals surface area contributed by atoms with Crippen molar-refractivity contribution in [2.45, 2.75) is 19.8 Å². The van der Waals surface area contributed by atoms with Crippen molar-refractivity contribution < 1.29 is 9.53 Å². The molecule has 2 heterocycles. The number of nitrogens with zero attached hydrogens (tertiary/aromatic N) is 5. The molecule has 0 amide bonds. The van der Waals surface area contributed by atoms with Gasteiger partial charge in [-0.2, -0.15) is 0 Å². The van der Waals surface area contributed by atoms with Gasteiger partial charge in [-0.25, -0.2) is 4.79 Å². The maximum atomic E-state index is 11.6. The molecule has 9 heteroatoms. The Morgan fingerprint density at radius 2 is 2.25 bits per heavy atom. The van der Waals surface area contributed by atoms with Gasteiger partial charge in [-0.05, 0) is 37.5 Å². The molecule has 0 unspecified atom stereocenters. The van der Waals surface area contributed by atoms with E-state index in [-0.39, 0.29) is 16.7 Å². The molecule has 0 fully saturated rings. The van der Waals surface area contributed by atoms with Crippen LogP contribution in [0, 0.1) is 0 Å². The number of carbonyl (C=O) groups is 1. The summed E-state index contributed by atoms with van der Waals surface area (Å²) >= 11 is 1.03. The van der Waals surface area contributed by atoms with Crippen molar-refractivity contribution in [3.05, 3.63) is 22.7 Å². The molecule has 1 aliphatic rings. The van der Waals surface area contributed by atoms with Crippen molar-refractivity contribution in [3.8, 4) is 0 Å². The number of rotatable bonds is 4. The number of hydrogen-bond acceptors (Lipinski definition) is 9. The molecule has 0 saturated carbocycles. The minimum atomic E-state index is -0.507. The van der Waals surface area contributed by atoms with Crippen LogP contribution in [0.4, 0.5) is 22.2 Å². The Hall–Kier alpha value is -2.55. The molecule has 126 valence electrons. The smallest absolute Gasteiger partial charge is 0.369 e. The molecule has 2 aromatic rings. The molecule has 1 aromatic heterocycles. The first-order valence-corrected chi connectivity index (χ1v) is 8.46. The second kappa shape index (κ2) is 6.91. The Labute approximate surface area is 143 Å². The number of hydrogen-bond donors (Lipinski definition) is 1. The Morgan fingerprint density at radius 1 is 1.42 bits per heavy atom. The van der Waals surface area contributed by atoms with Crippen molar-refractivity contribution in [2.24, 2.45) is 10.2 Å². The van der Waals surface area contributed by atoms with Gasteiger partial charge in [0.05, 0.1) is 12.3 Å². The quantitative estimate of drug-likeness (QED) is 0.518. The molecule has 0 atom stereocenters. The molecular weight excluding hydrogens is 328 g/mol. The maximum absolute atomic E-state index is 11.6. The molecule has 0 saturated heterocycles. The Balaban J connectivity index is 1.81. The number of azo groups is 1. The highest BCUT2D eigenvalue weighted by molar-refractivity contribution is 7.16. The third kappa shape index (κ3) is 3.35. The van der Waals surface area contributed by atoms with Crippen LogP contribution in [0.1, 0.15) is 28.7 Å². The lowest BCUT2D eigenvalue weighted by Crippen LogP contribution is -2.24. The summed E-state index contributed by atoms with van der Waals surface area (Å²) in [5, 5.41) is 16.2. The van der Waals surface area contributed by atoms with Crippen LogP contribution < -0.4 is 10.6 Å². The van der Waals surface area contributed by atoms with E-state index in [4.69, 9.17) is 10.5 Å². The monoisotopic (exact) mass is 346 g/mol. The van der Waals surface area contributed by atoms with Gasteiger partial charge in [0.25, 0.3) is 5.13 Å². The fraction of sp³-hybridized carbons (Fsp3) is 0.400. The number of fused-ring (bicyclic) bond motifs is 1. The number of aryl methyl sites for hydroxylation is 1. The third-order valence-electron chi connectivity index (χ3n) is 3.69. The zero-order valence-electron chi connectivity index (χ0n) is 13.5. The highest BCUT2D eigenvalue weighted by Gasteiger charge is 2.16. The summed E-state index contributed by atoms with van der Waals surface area (Å²) in [6.45, 7) is 3.04. The van der Waals surface area contributed by atoms with E-state index in [0.717, 1.165) is 36.4 Å². The van der Waals surface area contributed by atoms with E-state index in [9.17, 15) is 4.79 Å². The lowest BCUT2D eigenvalue weighted by atomic mass is 10.0. The maximum Gasteiger partial charge on any atom is 0.369 e. The first-order valence-electron chi connectivity index (χ1n) is 7.64. The summed E-state index contributed by atoms with van der Waals surface area (Å²) in [5.41, 5.74) is 9.57. The lowest BCUT2D eigenvalue weighted by molar-refractivity contribution is 0.0525. The SMILES string of the molecule is CCOC(=O)c1nnc(N=Nc2cc3c(cc2N)N(C)CCC3)s1. The summed E-state index contributed by atoms with van der Waals surface area (Å²) in [4.78, 5) is 13.8. The highest BCUT2D eigenvalue weighted by Crippen LogP contribution is 2.35. The molecule has 0 aliphatic carbocycles. The van der Waals surface area contributed by atoms with Crippen LogP contribution in [-0.4, -0.2) is 36.4 Å². The number of aromatic nitrogens is 2. The van der Waals surface area contributed by atoms with E-state index in [1.165, 1.54) is 5.56 Å². The molecule has 0 spiro atoms. The van der Waals surface area contributed by atoms with Crippen LogP contribution in [0.3, 0.4) is 0 Å². The summed E-state index contributed by atoms with van der Waals surface area (Å²) < 4.78 is 4.87. The second-order valence-electron chi connectivity index (χ2n) is 5.38. The normalized spacial score (nSPS) is 14.0. The van der Waals surface area contributed by atoms with E-state index in [1.54, 1.807) is 6.92 Å². The van der Waals surface area contributed by atoms with Crippen molar-refractivity contribution in [1.82, 2.24) is 10.2 Å². The topological polar surface area (TPSA) is 106 Å². The zero-order valence-corrected chi connectivity index (χ0v) is 14.3. The number of carbonyl (C=O) groups excluding carboxylic acids is 1. The molecule has 1 aliphatic heterocycles. The number of nitrogens with two attached hydrogens (primary N) is 1. The largest absolute Gasteiger partial charge is 0.461 e. The first kappa shape index (κ1) is 16.3. The second-order valence-corrected chi connectivity index (χ2v) is 6.33. The lowest BCUT2D eigenvalue weighted by Gasteiger charge is -2.28. The van der Waals surface area contributed by atoms with Crippen LogP contribution in [0.5, 0.6) is 0 Å². The van der Waals surface area contributed by atoms with Gasteiger partial charge in [-0.15, -0.1) is 20.4 Å². The number of anilines is 2. The highest BCUT2D eigenvalue weighted by atomic mass is 32.1. The minimum Gasteiger partial charge on any atom is -0.461 e. The van der Waals surface area contributed by atoms with Crippen molar-refractivity contribution in [1.29, 1.82) is 0 Å². The fourth-order valence-corrected chi connectivity index (χ4v) is 3.09. The Morgan fingerprint density at radius 3 is 3.04 bits per heavy atom. The predicted octanol–water partition coefficient (Wildman–Crippen LogP) is 3.09. The zero-order chi connectivity index (χ0) is 17.1. The van der Waals surface area contributed by atoms with E-state index in [1.807, 2.05) is 12.1 Å². The number of nitrogen functional groups attached to an aromatic ring is 1. The Bertz CT molecular complexity index is 788. The van der Waals surface area contributed by atoms with Crippen molar-refractivity contribution in [2.75, 3.05) is 30.8 Å². The van der Waals surface area contributed by atoms with Gasteiger partial charge >= 0.3 is 5.97 Å². The molecule has 3 rings (SSSR count). The van der Waals surface area contributed by atoms with Gasteiger partial charge in [0.2, 0.25) is 5.01 Å². The van der Waals surface area contributed by atoms with E-state index < -0.39 is 5.97 Å². The van der Waals surface area contributed by atoms with Crippen LogP contribution >= 0.6 is 11.3 Å². The molecule has 0 bridgehead atoms. The van der Waals surface area contributed by atoms with Gasteiger partial charge in [0, 0.05) is 19.3 Å². The number of benzene rings is 1. The summed E-state index contributed by atoms with van der Waals surface area (Å²) in [5.74, 6) is -0.507. The van der Waals surface area contributed by atoms with E-state index >= 15 is 0 Å². The fourth-order valence-electron chi connectivity index (χ4n) is 2.53. The summed E-state index contributed by atoms with van der Waals surface area (Å²) in [6, 6.07) is 3.88. The van der Waals surface area contributed by atoms with Gasteiger partial charge in [-0.1, -0.05) is 11.3 Å².